The molecule has 0 heterocycles. The Balaban J connectivity index is 2.21. The number of hydrogen-bond acceptors (Lipinski definition) is 2. The van der Waals surface area contributed by atoms with E-state index in [-0.39, 0.29) is 18.1 Å². The zero-order valence-electron chi connectivity index (χ0n) is 11.6. The Hall–Kier alpha value is -2.13. The standard InChI is InChI=1S/C17H17NO2/c1-11(19)18-16-14-9-5-3-7-12(14)13-8-4-6-10-15(13)17(16)20-2/h3-10,16-17H,1-2H3,(H,18,19)/t16-,17+/m0/s1. The molecule has 1 aliphatic carbocycles. The molecule has 0 saturated heterocycles. The molecule has 1 aliphatic rings. The summed E-state index contributed by atoms with van der Waals surface area (Å²) < 4.78 is 5.67. The van der Waals surface area contributed by atoms with Gasteiger partial charge in [0.15, 0.2) is 0 Å². The first kappa shape index (κ1) is 12.9. The van der Waals surface area contributed by atoms with E-state index in [9.17, 15) is 4.79 Å². The number of amides is 1. The number of ether oxygens (including phenoxy) is 1. The van der Waals surface area contributed by atoms with Crippen molar-refractivity contribution in [1.82, 2.24) is 5.32 Å². The molecule has 0 aliphatic heterocycles. The van der Waals surface area contributed by atoms with Crippen LogP contribution in [0.5, 0.6) is 0 Å². The Morgan fingerprint density at radius 1 is 1.00 bits per heavy atom. The van der Waals surface area contributed by atoms with E-state index in [1.165, 1.54) is 12.5 Å². The SMILES string of the molecule is CO[C@@H]1c2ccccc2-c2ccccc2[C@@H]1NC(C)=O. The highest BCUT2D eigenvalue weighted by molar-refractivity contribution is 5.78. The van der Waals surface area contributed by atoms with Gasteiger partial charge < -0.3 is 10.1 Å². The Bertz CT molecular complexity index is 651. The van der Waals surface area contributed by atoms with Crippen molar-refractivity contribution in [3.05, 3.63) is 59.7 Å². The quantitative estimate of drug-likeness (QED) is 0.907. The van der Waals surface area contributed by atoms with Crippen LogP contribution in [0.2, 0.25) is 0 Å². The molecule has 2 atom stereocenters. The summed E-state index contributed by atoms with van der Waals surface area (Å²) in [4.78, 5) is 11.5. The van der Waals surface area contributed by atoms with Crippen molar-refractivity contribution in [3.8, 4) is 11.1 Å². The summed E-state index contributed by atoms with van der Waals surface area (Å²) in [6, 6.07) is 16.2. The maximum atomic E-state index is 11.5. The van der Waals surface area contributed by atoms with Crippen molar-refractivity contribution >= 4 is 5.91 Å². The molecule has 0 radical (unpaired) electrons. The van der Waals surface area contributed by atoms with E-state index in [1.807, 2.05) is 24.3 Å². The van der Waals surface area contributed by atoms with Crippen molar-refractivity contribution in [3.63, 3.8) is 0 Å². The molecule has 0 spiro atoms. The Morgan fingerprint density at radius 3 is 2.15 bits per heavy atom. The fourth-order valence-electron chi connectivity index (χ4n) is 2.98. The third kappa shape index (κ3) is 2.00. The smallest absolute Gasteiger partial charge is 0.217 e. The maximum absolute atomic E-state index is 11.5. The summed E-state index contributed by atoms with van der Waals surface area (Å²) in [5, 5.41) is 3.02. The predicted molar refractivity (Wildman–Crippen MR) is 78.2 cm³/mol. The third-order valence-corrected chi connectivity index (χ3v) is 3.77. The van der Waals surface area contributed by atoms with E-state index < -0.39 is 0 Å². The molecule has 3 rings (SSSR count). The van der Waals surface area contributed by atoms with Gasteiger partial charge in [0.2, 0.25) is 5.91 Å². The van der Waals surface area contributed by atoms with Crippen LogP contribution in [-0.4, -0.2) is 13.0 Å². The van der Waals surface area contributed by atoms with Crippen LogP contribution in [0.3, 0.4) is 0 Å². The van der Waals surface area contributed by atoms with E-state index in [0.717, 1.165) is 16.7 Å². The van der Waals surface area contributed by atoms with Crippen LogP contribution in [0.15, 0.2) is 48.5 Å². The van der Waals surface area contributed by atoms with Crippen LogP contribution in [0.25, 0.3) is 11.1 Å². The Labute approximate surface area is 118 Å². The van der Waals surface area contributed by atoms with E-state index in [0.29, 0.717) is 0 Å². The Kier molecular flexibility index (Phi) is 3.28. The number of carbonyl (C=O) groups excluding carboxylic acids is 1. The molecule has 1 N–H and O–H groups in total. The van der Waals surface area contributed by atoms with Crippen LogP contribution in [0.1, 0.15) is 30.2 Å². The molecule has 3 heteroatoms. The van der Waals surface area contributed by atoms with Gasteiger partial charge in [-0.15, -0.1) is 0 Å². The van der Waals surface area contributed by atoms with Crippen molar-refractivity contribution < 1.29 is 9.53 Å². The van der Waals surface area contributed by atoms with Crippen LogP contribution < -0.4 is 5.32 Å². The molecule has 0 unspecified atom stereocenters. The van der Waals surface area contributed by atoms with Gasteiger partial charge in [-0.25, -0.2) is 0 Å². The van der Waals surface area contributed by atoms with Crippen molar-refractivity contribution in [2.75, 3.05) is 7.11 Å². The number of benzene rings is 2. The lowest BCUT2D eigenvalue weighted by Gasteiger charge is -2.34. The minimum atomic E-state index is -0.162. The molecule has 0 bridgehead atoms. The lowest BCUT2D eigenvalue weighted by Crippen LogP contribution is -2.34. The van der Waals surface area contributed by atoms with Crippen molar-refractivity contribution in [2.24, 2.45) is 0 Å². The highest BCUT2D eigenvalue weighted by Gasteiger charge is 2.33. The van der Waals surface area contributed by atoms with Crippen LogP contribution in [-0.2, 0) is 9.53 Å². The minimum Gasteiger partial charge on any atom is -0.374 e. The number of rotatable bonds is 2. The second kappa shape index (κ2) is 5.10. The average molecular weight is 267 g/mol. The lowest BCUT2D eigenvalue weighted by molar-refractivity contribution is -0.120. The van der Waals surface area contributed by atoms with Gasteiger partial charge in [-0.3, -0.25) is 4.79 Å². The zero-order chi connectivity index (χ0) is 14.1. The first-order valence-corrected chi connectivity index (χ1v) is 6.70. The zero-order valence-corrected chi connectivity index (χ0v) is 11.6. The molecule has 2 aromatic rings. The first-order valence-electron chi connectivity index (χ1n) is 6.70. The van der Waals surface area contributed by atoms with Gasteiger partial charge in [-0.1, -0.05) is 48.5 Å². The van der Waals surface area contributed by atoms with Crippen LogP contribution in [0, 0.1) is 0 Å². The number of carbonyl (C=O) groups is 1. The summed E-state index contributed by atoms with van der Waals surface area (Å²) in [5.74, 6) is -0.0498. The average Bonchev–Trinajstić information content (AvgIpc) is 2.47. The second-order valence-corrected chi connectivity index (χ2v) is 5.01. The molecule has 0 aromatic heterocycles. The fraction of sp³-hybridized carbons (Fsp3) is 0.235. The largest absolute Gasteiger partial charge is 0.374 e. The fourth-order valence-corrected chi connectivity index (χ4v) is 2.98. The molecule has 20 heavy (non-hydrogen) atoms. The molecular weight excluding hydrogens is 250 g/mol. The molecule has 102 valence electrons. The highest BCUT2D eigenvalue weighted by atomic mass is 16.5. The van der Waals surface area contributed by atoms with Gasteiger partial charge in [0.1, 0.15) is 6.10 Å². The number of nitrogens with one attached hydrogen (secondary N) is 1. The number of methoxy groups -OCH3 is 1. The molecular formula is C17H17NO2. The number of hydrogen-bond donors (Lipinski definition) is 1. The summed E-state index contributed by atoms with van der Waals surface area (Å²) in [7, 11) is 1.68. The topological polar surface area (TPSA) is 38.3 Å². The summed E-state index contributed by atoms with van der Waals surface area (Å²) >= 11 is 0. The number of fused-ring (bicyclic) bond motifs is 3. The van der Waals surface area contributed by atoms with Crippen LogP contribution in [0.4, 0.5) is 0 Å². The van der Waals surface area contributed by atoms with E-state index >= 15 is 0 Å². The molecule has 0 saturated carbocycles. The Morgan fingerprint density at radius 2 is 1.55 bits per heavy atom. The van der Waals surface area contributed by atoms with E-state index in [1.54, 1.807) is 7.11 Å². The summed E-state index contributed by atoms with van der Waals surface area (Å²) in [5.41, 5.74) is 4.56. The third-order valence-electron chi connectivity index (χ3n) is 3.77. The highest BCUT2D eigenvalue weighted by Crippen LogP contribution is 2.45. The van der Waals surface area contributed by atoms with Gasteiger partial charge in [-0.05, 0) is 22.3 Å². The molecule has 1 amide bonds. The lowest BCUT2D eigenvalue weighted by atomic mass is 9.80. The normalized spacial score (nSPS) is 19.9. The van der Waals surface area contributed by atoms with Gasteiger partial charge in [0, 0.05) is 14.0 Å². The van der Waals surface area contributed by atoms with E-state index in [2.05, 4.69) is 29.6 Å². The molecule has 2 aromatic carbocycles. The van der Waals surface area contributed by atoms with E-state index in [4.69, 9.17) is 4.74 Å². The van der Waals surface area contributed by atoms with Gasteiger partial charge in [0.25, 0.3) is 0 Å². The monoisotopic (exact) mass is 267 g/mol. The van der Waals surface area contributed by atoms with Crippen molar-refractivity contribution in [1.29, 1.82) is 0 Å². The van der Waals surface area contributed by atoms with Gasteiger partial charge >= 0.3 is 0 Å². The molecule has 3 nitrogen and oxygen atoms in total. The van der Waals surface area contributed by atoms with Crippen LogP contribution >= 0.6 is 0 Å². The maximum Gasteiger partial charge on any atom is 0.217 e. The molecule has 0 fully saturated rings. The second-order valence-electron chi connectivity index (χ2n) is 5.01. The minimum absolute atomic E-state index is 0.0498. The predicted octanol–water partition coefficient (Wildman–Crippen LogP) is 3.23. The van der Waals surface area contributed by atoms with Gasteiger partial charge in [-0.2, -0.15) is 0 Å². The summed E-state index contributed by atoms with van der Waals surface area (Å²) in [6.07, 6.45) is -0.162. The van der Waals surface area contributed by atoms with Gasteiger partial charge in [0.05, 0.1) is 6.04 Å². The summed E-state index contributed by atoms with van der Waals surface area (Å²) in [6.45, 7) is 1.54. The first-order chi connectivity index (χ1) is 9.72. The van der Waals surface area contributed by atoms with Crippen molar-refractivity contribution in [2.45, 2.75) is 19.1 Å².